The molecule has 0 aliphatic rings. The van der Waals surface area contributed by atoms with Gasteiger partial charge >= 0.3 is 0 Å². The number of benzene rings is 3. The molecule has 0 radical (unpaired) electrons. The highest BCUT2D eigenvalue weighted by atomic mass is 35.5. The average molecular weight is 418 g/mol. The molecule has 7 heteroatoms. The van der Waals surface area contributed by atoms with Crippen molar-refractivity contribution >= 4 is 45.3 Å². The zero-order valence-electron chi connectivity index (χ0n) is 15.4. The van der Waals surface area contributed by atoms with Crippen molar-refractivity contribution in [2.24, 2.45) is 0 Å². The van der Waals surface area contributed by atoms with Crippen molar-refractivity contribution < 1.29 is 0 Å². The van der Waals surface area contributed by atoms with Crippen molar-refractivity contribution in [1.82, 2.24) is 25.0 Å². The summed E-state index contributed by atoms with van der Waals surface area (Å²) >= 11 is 7.63. The normalized spacial score (nSPS) is 11.3. The third kappa shape index (κ3) is 3.69. The van der Waals surface area contributed by atoms with Crippen LogP contribution in [0.25, 0.3) is 21.9 Å². The van der Waals surface area contributed by atoms with Gasteiger partial charge in [0.2, 0.25) is 0 Å². The summed E-state index contributed by atoms with van der Waals surface area (Å²) in [6, 6.07) is 22.5. The van der Waals surface area contributed by atoms with Gasteiger partial charge in [-0.05, 0) is 34.0 Å². The van der Waals surface area contributed by atoms with Crippen molar-refractivity contribution in [2.75, 3.05) is 0 Å². The summed E-state index contributed by atoms with van der Waals surface area (Å²) < 4.78 is 1.79. The quantitative estimate of drug-likeness (QED) is 0.284. The predicted octanol–water partition coefficient (Wildman–Crippen LogP) is 5.37. The number of rotatable bonds is 5. The van der Waals surface area contributed by atoms with Gasteiger partial charge in [0.1, 0.15) is 11.4 Å². The van der Waals surface area contributed by atoms with Crippen molar-refractivity contribution in [2.45, 2.75) is 17.3 Å². The van der Waals surface area contributed by atoms with E-state index in [1.165, 1.54) is 16.3 Å². The van der Waals surface area contributed by atoms with Gasteiger partial charge < -0.3 is 0 Å². The molecule has 0 aliphatic heterocycles. The Labute approximate surface area is 176 Å². The van der Waals surface area contributed by atoms with Gasteiger partial charge in [-0.15, -0.1) is 5.10 Å². The first-order valence-electron chi connectivity index (χ1n) is 9.16. The lowest BCUT2D eigenvalue weighted by molar-refractivity contribution is 0.664. The van der Waals surface area contributed by atoms with Crippen molar-refractivity contribution in [1.29, 1.82) is 0 Å². The zero-order valence-corrected chi connectivity index (χ0v) is 16.9. The molecule has 3 aromatic carbocycles. The molecular weight excluding hydrogens is 402 g/mol. The van der Waals surface area contributed by atoms with Crippen LogP contribution in [0.5, 0.6) is 0 Å². The van der Waals surface area contributed by atoms with Crippen molar-refractivity contribution in [3.63, 3.8) is 0 Å². The molecule has 0 aliphatic carbocycles. The van der Waals surface area contributed by atoms with Gasteiger partial charge in [-0.2, -0.15) is 0 Å². The molecule has 0 bridgehead atoms. The van der Waals surface area contributed by atoms with Crippen molar-refractivity contribution in [3.05, 3.63) is 89.2 Å². The second kappa shape index (κ2) is 7.81. The summed E-state index contributed by atoms with van der Waals surface area (Å²) in [4.78, 5) is 8.86. The molecule has 0 amide bonds. The maximum Gasteiger partial charge on any atom is 0.183 e. The molecule has 0 spiro atoms. The number of aromatic nitrogens is 5. The van der Waals surface area contributed by atoms with Crippen LogP contribution in [-0.2, 0) is 12.3 Å². The lowest BCUT2D eigenvalue weighted by atomic mass is 10.1. The highest BCUT2D eigenvalue weighted by Crippen LogP contribution is 2.29. The van der Waals surface area contributed by atoms with Gasteiger partial charge in [0, 0.05) is 10.8 Å². The Balaban J connectivity index is 1.42. The maximum atomic E-state index is 5.97. The maximum absolute atomic E-state index is 5.97. The van der Waals surface area contributed by atoms with Crippen LogP contribution in [0.1, 0.15) is 11.1 Å². The molecule has 0 fully saturated rings. The Hall–Kier alpha value is -2.96. The minimum Gasteiger partial charge on any atom is -0.227 e. The molecule has 29 heavy (non-hydrogen) atoms. The minimum atomic E-state index is 0.581. The molecule has 5 nitrogen and oxygen atoms in total. The average Bonchev–Trinajstić information content (AvgIpc) is 3.17. The monoisotopic (exact) mass is 417 g/mol. The zero-order chi connectivity index (χ0) is 19.6. The Morgan fingerprint density at radius 2 is 1.72 bits per heavy atom. The molecule has 0 unspecified atom stereocenters. The van der Waals surface area contributed by atoms with Gasteiger partial charge in [0.15, 0.2) is 11.2 Å². The first kappa shape index (κ1) is 18.1. The summed E-state index contributed by atoms with van der Waals surface area (Å²) in [6.07, 6.45) is 1.58. The van der Waals surface area contributed by atoms with E-state index in [2.05, 4.69) is 62.7 Å². The van der Waals surface area contributed by atoms with E-state index in [1.54, 1.807) is 22.8 Å². The Kier molecular flexibility index (Phi) is 4.87. The summed E-state index contributed by atoms with van der Waals surface area (Å²) in [6.45, 7) is 0.581. The highest BCUT2D eigenvalue weighted by molar-refractivity contribution is 7.98. The fourth-order valence-electron chi connectivity index (χ4n) is 3.31. The van der Waals surface area contributed by atoms with Crippen LogP contribution >= 0.6 is 23.4 Å². The SMILES string of the molecule is Clc1ccc(Cn2nnc3c(SCc4cccc5ccccc45)ncnc32)cc1. The topological polar surface area (TPSA) is 56.5 Å². The molecule has 0 N–H and O–H groups in total. The van der Waals surface area contributed by atoms with Gasteiger partial charge in [-0.1, -0.05) is 83.2 Å². The van der Waals surface area contributed by atoms with E-state index >= 15 is 0 Å². The smallest absolute Gasteiger partial charge is 0.183 e. The summed E-state index contributed by atoms with van der Waals surface area (Å²) in [7, 11) is 0. The lowest BCUT2D eigenvalue weighted by Crippen LogP contribution is -2.03. The van der Waals surface area contributed by atoms with Gasteiger partial charge in [0.25, 0.3) is 0 Å². The van der Waals surface area contributed by atoms with Gasteiger partial charge in [-0.3, -0.25) is 0 Å². The lowest BCUT2D eigenvalue weighted by Gasteiger charge is -2.06. The fraction of sp³-hybridized carbons (Fsp3) is 0.0909. The number of thioether (sulfide) groups is 1. The number of hydrogen-bond acceptors (Lipinski definition) is 5. The van der Waals surface area contributed by atoms with Gasteiger partial charge in [-0.25, -0.2) is 14.6 Å². The summed E-state index contributed by atoms with van der Waals surface area (Å²) in [5.74, 6) is 0.803. The third-order valence-corrected chi connectivity index (χ3v) is 6.04. The molecule has 2 heterocycles. The van der Waals surface area contributed by atoms with Crippen LogP contribution in [0, 0.1) is 0 Å². The molecule has 2 aromatic heterocycles. The molecule has 0 saturated heterocycles. The first-order chi connectivity index (χ1) is 14.3. The molecule has 5 rings (SSSR count). The molecule has 5 aromatic rings. The van der Waals surface area contributed by atoms with E-state index in [-0.39, 0.29) is 0 Å². The molecule has 0 atom stereocenters. The Morgan fingerprint density at radius 1 is 0.897 bits per heavy atom. The van der Waals surface area contributed by atoms with Crippen LogP contribution in [0.3, 0.4) is 0 Å². The second-order valence-electron chi connectivity index (χ2n) is 6.65. The summed E-state index contributed by atoms with van der Waals surface area (Å²) in [5, 5.41) is 12.7. The third-order valence-electron chi connectivity index (χ3n) is 4.76. The number of fused-ring (bicyclic) bond motifs is 2. The Morgan fingerprint density at radius 3 is 2.62 bits per heavy atom. The largest absolute Gasteiger partial charge is 0.227 e. The first-order valence-corrected chi connectivity index (χ1v) is 10.5. The van der Waals surface area contributed by atoms with Crippen LogP contribution in [0.2, 0.25) is 5.02 Å². The van der Waals surface area contributed by atoms with Crippen molar-refractivity contribution in [3.8, 4) is 0 Å². The fourth-order valence-corrected chi connectivity index (χ4v) is 4.37. The number of halogens is 1. The second-order valence-corrected chi connectivity index (χ2v) is 8.05. The van der Waals surface area contributed by atoms with E-state index < -0.39 is 0 Å². The van der Waals surface area contributed by atoms with E-state index in [4.69, 9.17) is 11.6 Å². The Bertz CT molecular complexity index is 1290. The van der Waals surface area contributed by atoms with E-state index in [0.717, 1.165) is 27.5 Å². The minimum absolute atomic E-state index is 0.581. The van der Waals surface area contributed by atoms with Crippen LogP contribution in [-0.4, -0.2) is 25.0 Å². The molecular formula is C22H16ClN5S. The molecule has 0 saturated carbocycles. The number of nitrogens with zero attached hydrogens (tertiary/aromatic N) is 5. The standard InChI is InChI=1S/C22H16ClN5S/c23-18-10-8-15(9-11-18)12-28-21-20(26-27-28)22(25-14-24-21)29-13-17-6-3-5-16-4-1-2-7-19(16)17/h1-11,14H,12-13H2. The van der Waals surface area contributed by atoms with Crippen LogP contribution in [0.4, 0.5) is 0 Å². The summed E-state index contributed by atoms with van der Waals surface area (Å²) in [5.41, 5.74) is 3.82. The highest BCUT2D eigenvalue weighted by Gasteiger charge is 2.13. The predicted molar refractivity (Wildman–Crippen MR) is 117 cm³/mol. The van der Waals surface area contributed by atoms with E-state index in [1.807, 2.05) is 24.3 Å². The van der Waals surface area contributed by atoms with E-state index in [0.29, 0.717) is 11.6 Å². The van der Waals surface area contributed by atoms with Crippen LogP contribution in [0.15, 0.2) is 78.1 Å². The number of hydrogen-bond donors (Lipinski definition) is 0. The van der Waals surface area contributed by atoms with Crippen LogP contribution < -0.4 is 0 Å². The van der Waals surface area contributed by atoms with E-state index in [9.17, 15) is 0 Å². The molecule has 142 valence electrons. The van der Waals surface area contributed by atoms with Gasteiger partial charge in [0.05, 0.1) is 6.54 Å².